The summed E-state index contributed by atoms with van der Waals surface area (Å²) in [6, 6.07) is 108. The lowest BCUT2D eigenvalue weighted by Crippen LogP contribution is -2.30. The van der Waals surface area contributed by atoms with Gasteiger partial charge in [0.05, 0.1) is 0 Å². The SMILES string of the molecule is CC(c1ccc(N)cc1)c1ccc(C2(c3ccc(C(C)c4ccc(N)cc4)cc3)CCCCC2)cc1.CCC(c1ccc(N)cc1)c1ccc(C2(c3ccc(C(CC)c4ccc(N)cc4)cc3)CCCCC2)cc1.CCCC(c1ccc(N)cc1)c1ccc(C2(c3ccc(C(CCC)c4ccc(N)cc4)cc3)CCCCC2)cc1. The molecule has 0 radical (unpaired) electrons. The van der Waals surface area contributed by atoms with Crippen molar-refractivity contribution in [2.45, 2.75) is 228 Å². The highest BCUT2D eigenvalue weighted by Crippen LogP contribution is 2.50. The van der Waals surface area contributed by atoms with E-state index in [0.29, 0.717) is 35.5 Å². The Morgan fingerprint density at radius 1 is 0.202 bits per heavy atom. The van der Waals surface area contributed by atoms with Crippen LogP contribution in [0.5, 0.6) is 0 Å². The fourth-order valence-corrected chi connectivity index (χ4v) is 19.8. The van der Waals surface area contributed by atoms with Gasteiger partial charge in [-0.15, -0.1) is 0 Å². The first-order chi connectivity index (χ1) is 55.5. The van der Waals surface area contributed by atoms with E-state index < -0.39 is 0 Å². The molecule has 3 aliphatic carbocycles. The fourth-order valence-electron chi connectivity index (χ4n) is 19.8. The third kappa shape index (κ3) is 18.8. The lowest BCUT2D eigenvalue weighted by molar-refractivity contribution is 0.346. The van der Waals surface area contributed by atoms with E-state index in [1.165, 1.54) is 196 Å². The van der Waals surface area contributed by atoms with Gasteiger partial charge in [-0.3, -0.25) is 0 Å². The van der Waals surface area contributed by atoms with E-state index in [4.69, 9.17) is 34.4 Å². The molecule has 12 aromatic carbocycles. The van der Waals surface area contributed by atoms with Crippen molar-refractivity contribution in [2.24, 2.45) is 0 Å². The van der Waals surface area contributed by atoms with E-state index in [2.05, 4.69) is 260 Å². The molecule has 3 fully saturated rings. The second-order valence-electron chi connectivity index (χ2n) is 33.7. The highest BCUT2D eigenvalue weighted by atomic mass is 14.6. The van der Waals surface area contributed by atoms with Crippen LogP contribution < -0.4 is 34.4 Å². The molecule has 6 atom stereocenters. The summed E-state index contributed by atoms with van der Waals surface area (Å²) in [7, 11) is 0. The molecule has 0 bridgehead atoms. The molecule has 6 heteroatoms. The lowest BCUT2D eigenvalue weighted by atomic mass is 9.65. The first kappa shape index (κ1) is 81.5. The molecule has 0 spiro atoms. The van der Waals surface area contributed by atoms with Gasteiger partial charge in [0.15, 0.2) is 0 Å². The molecule has 3 aliphatic rings. The number of anilines is 6. The van der Waals surface area contributed by atoms with Crippen LogP contribution in [0.2, 0.25) is 0 Å². The average Bonchev–Trinajstić information content (AvgIpc) is 0.773. The van der Waals surface area contributed by atoms with Crippen molar-refractivity contribution in [1.29, 1.82) is 0 Å². The Labute approximate surface area is 683 Å². The van der Waals surface area contributed by atoms with Crippen molar-refractivity contribution in [2.75, 3.05) is 34.4 Å². The van der Waals surface area contributed by atoms with E-state index in [0.717, 1.165) is 72.6 Å². The first-order valence-electron chi connectivity index (χ1n) is 43.3. The van der Waals surface area contributed by atoms with Gasteiger partial charge in [-0.2, -0.15) is 0 Å². The maximum absolute atomic E-state index is 5.98. The summed E-state index contributed by atoms with van der Waals surface area (Å²) in [5.41, 5.74) is 65.9. The van der Waals surface area contributed by atoms with Gasteiger partial charge in [-0.05, 0) is 237 Å². The van der Waals surface area contributed by atoms with Gasteiger partial charge in [0.25, 0.3) is 0 Å². The van der Waals surface area contributed by atoms with E-state index in [9.17, 15) is 0 Å². The summed E-state index contributed by atoms with van der Waals surface area (Å²) in [5.74, 6) is 2.29. The number of hydrogen-bond acceptors (Lipinski definition) is 6. The quantitative estimate of drug-likeness (QED) is 0.0331. The number of hydrogen-bond donors (Lipinski definition) is 6. The summed E-state index contributed by atoms with van der Waals surface area (Å²) in [5, 5.41) is 0. The molecule has 0 heterocycles. The van der Waals surface area contributed by atoms with Crippen LogP contribution in [0, 0.1) is 0 Å². The maximum Gasteiger partial charge on any atom is 0.0314 e. The van der Waals surface area contributed by atoms with E-state index in [1.807, 2.05) is 72.8 Å². The topological polar surface area (TPSA) is 156 Å². The van der Waals surface area contributed by atoms with Gasteiger partial charge in [-0.25, -0.2) is 0 Å². The van der Waals surface area contributed by atoms with Crippen molar-refractivity contribution >= 4 is 34.1 Å². The number of benzene rings is 12. The zero-order valence-electron chi connectivity index (χ0n) is 69.0. The van der Waals surface area contributed by atoms with Gasteiger partial charge in [0.2, 0.25) is 0 Å². The molecule has 12 aromatic rings. The lowest BCUT2D eigenvalue weighted by Gasteiger charge is -2.39. The van der Waals surface area contributed by atoms with Gasteiger partial charge in [-0.1, -0.05) is 331 Å². The molecule has 588 valence electrons. The highest BCUT2D eigenvalue weighted by molar-refractivity contribution is 5.53. The Kier molecular flexibility index (Phi) is 27.2. The Hall–Kier alpha value is -10.6. The Morgan fingerprint density at radius 3 is 0.518 bits per heavy atom. The minimum absolute atomic E-state index is 0.0954. The van der Waals surface area contributed by atoms with Crippen LogP contribution in [-0.2, 0) is 16.2 Å². The number of nitrogens with two attached hydrogens (primary N) is 6. The van der Waals surface area contributed by atoms with E-state index in [1.54, 1.807) is 0 Å². The summed E-state index contributed by atoms with van der Waals surface area (Å²) < 4.78 is 0. The standard InChI is InChI=1S/C38H46N2.C36H42N2.C34H38N2/c1-3-8-36(30-14-22-34(39)23-15-30)28-10-18-32(19-11-28)38(26-6-5-7-27-38)33-20-12-29(13-21-33)37(9-4-2)31-16-24-35(40)25-17-31;1-3-34(28-12-20-32(37)21-13-28)26-8-16-30(17-9-26)36(24-6-5-7-25-36)31-18-10-27(11-19-31)35(4-2)29-14-22-33(38)23-15-29;1-24(28-10-18-32(35)19-11-28)26-6-14-30(15-7-26)34(22-4-3-5-23-34)31-16-8-27(9-17-31)25(2)29-12-20-33(36)21-13-29/h10-25,36-37H,3-9,26-27,39-40H2,1-2H3;8-23,34-35H,3-7,24-25,37-38H2,1-2H3;6-21,24-25H,3-5,22-23,35-36H2,1-2H3. The number of rotatable bonds is 24. The first-order valence-corrected chi connectivity index (χ1v) is 43.3. The fraction of sp³-hybridized carbons (Fsp3) is 0.333. The van der Waals surface area contributed by atoms with Crippen LogP contribution >= 0.6 is 0 Å². The van der Waals surface area contributed by atoms with Gasteiger partial charge >= 0.3 is 0 Å². The highest BCUT2D eigenvalue weighted by Gasteiger charge is 2.39. The monoisotopic (exact) mass is 1510 g/mol. The zero-order chi connectivity index (χ0) is 79.6. The van der Waals surface area contributed by atoms with Crippen molar-refractivity contribution in [3.63, 3.8) is 0 Å². The molecule has 0 amide bonds. The van der Waals surface area contributed by atoms with Crippen LogP contribution in [0.3, 0.4) is 0 Å². The van der Waals surface area contributed by atoms with Crippen LogP contribution in [0.1, 0.15) is 312 Å². The third-order valence-corrected chi connectivity index (χ3v) is 26.7. The Morgan fingerprint density at radius 2 is 0.351 bits per heavy atom. The van der Waals surface area contributed by atoms with Gasteiger partial charge in [0, 0.05) is 85.9 Å². The summed E-state index contributed by atoms with van der Waals surface area (Å²) >= 11 is 0. The molecule has 0 aromatic heterocycles. The smallest absolute Gasteiger partial charge is 0.0314 e. The Bertz CT molecular complexity index is 4600. The molecular weight excluding hydrogens is 1380 g/mol. The molecule has 114 heavy (non-hydrogen) atoms. The molecule has 0 aliphatic heterocycles. The van der Waals surface area contributed by atoms with Crippen molar-refractivity contribution in [3.8, 4) is 0 Å². The van der Waals surface area contributed by atoms with Crippen molar-refractivity contribution < 1.29 is 0 Å². The van der Waals surface area contributed by atoms with Crippen molar-refractivity contribution in [1.82, 2.24) is 0 Å². The average molecular weight is 1510 g/mol. The van der Waals surface area contributed by atoms with Crippen LogP contribution in [-0.4, -0.2) is 0 Å². The normalized spacial score (nSPS) is 16.6. The second-order valence-corrected chi connectivity index (χ2v) is 33.7. The largest absolute Gasteiger partial charge is 0.399 e. The molecule has 6 unspecified atom stereocenters. The molecule has 12 N–H and O–H groups in total. The van der Waals surface area contributed by atoms with Gasteiger partial charge < -0.3 is 34.4 Å². The second kappa shape index (κ2) is 38.1. The van der Waals surface area contributed by atoms with Crippen LogP contribution in [0.4, 0.5) is 34.1 Å². The number of nitrogen functional groups attached to an aromatic ring is 6. The van der Waals surface area contributed by atoms with Crippen molar-refractivity contribution in [3.05, 3.63) is 391 Å². The Balaban J connectivity index is 0.000000149. The van der Waals surface area contributed by atoms with Crippen LogP contribution in [0.25, 0.3) is 0 Å². The summed E-state index contributed by atoms with van der Waals surface area (Å²) in [4.78, 5) is 0. The minimum Gasteiger partial charge on any atom is -0.399 e. The predicted octanol–water partition coefficient (Wildman–Crippen LogP) is 27.6. The van der Waals surface area contributed by atoms with E-state index in [-0.39, 0.29) is 16.2 Å². The zero-order valence-corrected chi connectivity index (χ0v) is 69.0. The minimum atomic E-state index is 0.0954. The molecule has 3 saturated carbocycles. The summed E-state index contributed by atoms with van der Waals surface area (Å²) in [6.07, 6.45) is 25.8. The van der Waals surface area contributed by atoms with E-state index >= 15 is 0 Å². The molecular formula is C108H126N6. The third-order valence-electron chi connectivity index (χ3n) is 26.7. The summed E-state index contributed by atoms with van der Waals surface area (Å²) in [6.45, 7) is 13.6. The van der Waals surface area contributed by atoms with Gasteiger partial charge in [0.1, 0.15) is 0 Å². The molecule has 6 nitrogen and oxygen atoms in total. The predicted molar refractivity (Wildman–Crippen MR) is 488 cm³/mol. The molecule has 15 rings (SSSR count). The van der Waals surface area contributed by atoms with Crippen LogP contribution in [0.15, 0.2) is 291 Å². The maximum atomic E-state index is 5.98. The molecule has 0 saturated heterocycles.